The highest BCUT2D eigenvalue weighted by atomic mass is 16.5. The van der Waals surface area contributed by atoms with Gasteiger partial charge in [0.05, 0.1) is 31.0 Å². The fourth-order valence-electron chi connectivity index (χ4n) is 5.71. The molecule has 9 heteroatoms. The molecule has 0 radical (unpaired) electrons. The van der Waals surface area contributed by atoms with Crippen LogP contribution in [0.5, 0.6) is 11.5 Å². The topological polar surface area (TPSA) is 103 Å². The Labute approximate surface area is 237 Å². The van der Waals surface area contributed by atoms with Gasteiger partial charge in [-0.15, -0.1) is 0 Å². The first-order chi connectivity index (χ1) is 19.3. The maximum Gasteiger partial charge on any atom is 0.323 e. The molecule has 2 aromatic carbocycles. The molecule has 1 fully saturated rings. The van der Waals surface area contributed by atoms with E-state index in [1.165, 1.54) is 32.1 Å². The number of benzene rings is 2. The van der Waals surface area contributed by atoms with Gasteiger partial charge in [-0.1, -0.05) is 32.3 Å². The predicted octanol–water partition coefficient (Wildman–Crippen LogP) is 5.07. The zero-order valence-electron chi connectivity index (χ0n) is 24.2. The van der Waals surface area contributed by atoms with Crippen molar-refractivity contribution in [1.29, 1.82) is 0 Å². The van der Waals surface area contributed by atoms with E-state index < -0.39 is 6.03 Å². The number of methoxy groups -OCH3 is 1. The van der Waals surface area contributed by atoms with Crippen molar-refractivity contribution in [1.82, 2.24) is 9.80 Å². The molecule has 0 aromatic heterocycles. The molecule has 3 atom stereocenters. The van der Waals surface area contributed by atoms with Crippen molar-refractivity contribution in [3.63, 3.8) is 0 Å². The Bertz CT molecular complexity index is 1140. The molecule has 0 bridgehead atoms. The van der Waals surface area contributed by atoms with Gasteiger partial charge in [0, 0.05) is 31.2 Å². The third kappa shape index (κ3) is 7.46. The van der Waals surface area contributed by atoms with Crippen LogP contribution in [0.3, 0.4) is 0 Å². The molecule has 2 aliphatic rings. The smallest absolute Gasteiger partial charge is 0.323 e. The molecule has 0 spiro atoms. The summed E-state index contributed by atoms with van der Waals surface area (Å²) in [5.74, 6) is 1.52. The highest BCUT2D eigenvalue weighted by molar-refractivity contribution is 6.04. The summed E-state index contributed by atoms with van der Waals surface area (Å²) in [7, 11) is 3.72. The minimum Gasteiger partial charge on any atom is -0.497 e. The number of nitrogens with one attached hydrogen (secondary N) is 2. The lowest BCUT2D eigenvalue weighted by Crippen LogP contribution is -2.50. The Hall–Kier alpha value is -3.30. The van der Waals surface area contributed by atoms with Crippen molar-refractivity contribution in [3.8, 4) is 11.5 Å². The fourth-order valence-corrected chi connectivity index (χ4v) is 5.71. The Kier molecular flexibility index (Phi) is 10.3. The number of carbonyl (C=O) groups excluding carboxylic acids is 2. The van der Waals surface area contributed by atoms with Gasteiger partial charge in [0.25, 0.3) is 5.91 Å². The number of aliphatic hydroxyl groups is 1. The second-order valence-corrected chi connectivity index (χ2v) is 11.3. The summed E-state index contributed by atoms with van der Waals surface area (Å²) in [5.41, 5.74) is 1.39. The second-order valence-electron chi connectivity index (χ2n) is 11.3. The Morgan fingerprint density at radius 1 is 1.12 bits per heavy atom. The van der Waals surface area contributed by atoms with Crippen molar-refractivity contribution >= 4 is 23.3 Å². The van der Waals surface area contributed by atoms with Crippen LogP contribution >= 0.6 is 0 Å². The predicted molar refractivity (Wildman–Crippen MR) is 157 cm³/mol. The minimum absolute atomic E-state index is 0.00101. The minimum atomic E-state index is -0.448. The number of carbonyl (C=O) groups is 2. The lowest BCUT2D eigenvalue weighted by atomic mass is 9.89. The molecule has 40 heavy (non-hydrogen) atoms. The van der Waals surface area contributed by atoms with Crippen molar-refractivity contribution in [3.05, 3.63) is 48.0 Å². The van der Waals surface area contributed by atoms with Crippen LogP contribution in [0.1, 0.15) is 56.3 Å². The molecule has 3 N–H and O–H groups in total. The lowest BCUT2D eigenvalue weighted by Gasteiger charge is -2.39. The first-order valence-corrected chi connectivity index (χ1v) is 14.4. The van der Waals surface area contributed by atoms with Gasteiger partial charge in [-0.3, -0.25) is 4.79 Å². The average Bonchev–Trinajstić information content (AvgIpc) is 2.95. The zero-order chi connectivity index (χ0) is 28.6. The molecule has 3 amide bonds. The van der Waals surface area contributed by atoms with Gasteiger partial charge < -0.3 is 35.0 Å². The van der Waals surface area contributed by atoms with Crippen molar-refractivity contribution in [2.24, 2.45) is 11.8 Å². The number of anilines is 2. The summed E-state index contributed by atoms with van der Waals surface area (Å²) in [6.07, 6.45) is 6.23. The Balaban J connectivity index is 1.58. The molecular formula is C31H44N4O5. The molecular weight excluding hydrogens is 508 g/mol. The zero-order valence-corrected chi connectivity index (χ0v) is 24.2. The van der Waals surface area contributed by atoms with Gasteiger partial charge in [0.1, 0.15) is 11.9 Å². The molecule has 4 rings (SSSR count). The van der Waals surface area contributed by atoms with Crippen molar-refractivity contribution in [2.75, 3.05) is 51.0 Å². The number of hydrogen-bond acceptors (Lipinski definition) is 6. The van der Waals surface area contributed by atoms with E-state index in [2.05, 4.69) is 29.5 Å². The van der Waals surface area contributed by atoms with E-state index in [9.17, 15) is 14.7 Å². The van der Waals surface area contributed by atoms with Crippen LogP contribution in [0.2, 0.25) is 0 Å². The first-order valence-electron chi connectivity index (χ1n) is 14.4. The van der Waals surface area contributed by atoms with E-state index in [0.717, 1.165) is 6.54 Å². The quantitative estimate of drug-likeness (QED) is 0.401. The van der Waals surface area contributed by atoms with Gasteiger partial charge in [0.2, 0.25) is 0 Å². The molecule has 1 aliphatic carbocycles. The number of aliphatic hydroxyl groups excluding tert-OH is 1. The fraction of sp³-hybridized carbons (Fsp3) is 0.548. The van der Waals surface area contributed by atoms with E-state index >= 15 is 0 Å². The number of urea groups is 1. The van der Waals surface area contributed by atoms with Crippen LogP contribution in [0, 0.1) is 11.8 Å². The van der Waals surface area contributed by atoms with E-state index in [-0.39, 0.29) is 30.6 Å². The average molecular weight is 553 g/mol. The number of likely N-dealkylation sites (N-methyl/N-ethyl adjacent to an activating group) is 1. The van der Waals surface area contributed by atoms with Crippen LogP contribution in [-0.2, 0) is 0 Å². The van der Waals surface area contributed by atoms with Gasteiger partial charge in [0.15, 0.2) is 5.75 Å². The van der Waals surface area contributed by atoms with Crippen LogP contribution in [-0.4, -0.2) is 79.4 Å². The second kappa shape index (κ2) is 13.9. The third-order valence-corrected chi connectivity index (χ3v) is 8.07. The third-order valence-electron chi connectivity index (χ3n) is 8.07. The molecule has 1 aliphatic heterocycles. The lowest BCUT2D eigenvalue weighted by molar-refractivity contribution is 0.0333. The number of para-hydroxylation sites is 1. The molecule has 2 aromatic rings. The number of amides is 3. The van der Waals surface area contributed by atoms with Crippen LogP contribution in [0.4, 0.5) is 16.2 Å². The van der Waals surface area contributed by atoms with E-state index in [1.807, 2.05) is 6.92 Å². The normalized spacial score (nSPS) is 20.6. The van der Waals surface area contributed by atoms with Crippen LogP contribution in [0.25, 0.3) is 0 Å². The van der Waals surface area contributed by atoms with Crippen molar-refractivity contribution < 1.29 is 24.2 Å². The number of ether oxygens (including phenoxy) is 2. The Morgan fingerprint density at radius 3 is 2.52 bits per heavy atom. The summed E-state index contributed by atoms with van der Waals surface area (Å²) < 4.78 is 11.8. The molecule has 1 saturated carbocycles. The molecule has 1 heterocycles. The summed E-state index contributed by atoms with van der Waals surface area (Å²) in [6.45, 7) is 5.97. The maximum atomic E-state index is 13.7. The number of nitrogens with zero attached hydrogens (tertiary/aromatic N) is 2. The van der Waals surface area contributed by atoms with E-state index in [1.54, 1.807) is 54.5 Å². The van der Waals surface area contributed by atoms with Crippen LogP contribution < -0.4 is 20.1 Å². The van der Waals surface area contributed by atoms with Crippen molar-refractivity contribution in [2.45, 2.75) is 58.1 Å². The highest BCUT2D eigenvalue weighted by Crippen LogP contribution is 2.35. The summed E-state index contributed by atoms with van der Waals surface area (Å²) in [6, 6.07) is 11.4. The first kappa shape index (κ1) is 29.7. The maximum absolute atomic E-state index is 13.7. The van der Waals surface area contributed by atoms with E-state index in [0.29, 0.717) is 47.4 Å². The molecule has 218 valence electrons. The van der Waals surface area contributed by atoms with Gasteiger partial charge in [-0.2, -0.15) is 0 Å². The van der Waals surface area contributed by atoms with Gasteiger partial charge >= 0.3 is 6.03 Å². The largest absolute Gasteiger partial charge is 0.497 e. The van der Waals surface area contributed by atoms with Crippen LogP contribution in [0.15, 0.2) is 42.5 Å². The standard InChI is InChI=1S/C31H44N4O5/c1-21-17-35(22(2)20-36)30(37)26-11-8-12-27(33-31(38)32-24-13-15-25(39-4)16-14-24)29(26)40-28(21)19-34(3)18-23-9-6-5-7-10-23/h8,11-16,21-23,28,36H,5-7,9-10,17-20H2,1-4H3,(H2,32,33,38)/t21-,22-,28+/m1/s1. The summed E-state index contributed by atoms with van der Waals surface area (Å²) in [4.78, 5) is 30.7. The van der Waals surface area contributed by atoms with Gasteiger partial charge in [-0.25, -0.2) is 4.79 Å². The number of rotatable bonds is 9. The molecule has 9 nitrogen and oxygen atoms in total. The summed E-state index contributed by atoms with van der Waals surface area (Å²) in [5, 5.41) is 15.6. The van der Waals surface area contributed by atoms with E-state index in [4.69, 9.17) is 9.47 Å². The Morgan fingerprint density at radius 2 is 1.85 bits per heavy atom. The summed E-state index contributed by atoms with van der Waals surface area (Å²) >= 11 is 0. The van der Waals surface area contributed by atoms with Gasteiger partial charge in [-0.05, 0) is 69.1 Å². The molecule has 0 saturated heterocycles. The SMILES string of the molecule is COc1ccc(NC(=O)Nc2cccc3c2O[C@@H](CN(C)CC2CCCCC2)[C@H](C)CN([C@H](C)CO)C3=O)cc1. The number of hydrogen-bond donors (Lipinski definition) is 3. The highest BCUT2D eigenvalue weighted by Gasteiger charge is 2.35. The number of fused-ring (bicyclic) bond motifs is 1. The molecule has 0 unspecified atom stereocenters. The monoisotopic (exact) mass is 552 g/mol.